The molecule has 0 radical (unpaired) electrons. The van der Waals surface area contributed by atoms with Gasteiger partial charge in [-0.15, -0.1) is 0 Å². The van der Waals surface area contributed by atoms with Gasteiger partial charge in [-0.1, -0.05) is 0 Å². The van der Waals surface area contributed by atoms with Gasteiger partial charge in [0.1, 0.15) is 0 Å². The van der Waals surface area contributed by atoms with Gasteiger partial charge in [0.15, 0.2) is 0 Å². The van der Waals surface area contributed by atoms with Gasteiger partial charge >= 0.3 is 0 Å². The molecule has 1 amide bonds. The summed E-state index contributed by atoms with van der Waals surface area (Å²) in [6.45, 7) is 0.888. The van der Waals surface area contributed by atoms with E-state index in [2.05, 4.69) is 5.32 Å². The third-order valence-corrected chi connectivity index (χ3v) is 0.903. The fourth-order valence-electron chi connectivity index (χ4n) is 0.565. The van der Waals surface area contributed by atoms with Crippen LogP contribution in [-0.4, -0.2) is 24.7 Å². The molecule has 48 valence electrons. The van der Waals surface area contributed by atoms with Gasteiger partial charge in [0.2, 0.25) is 5.91 Å². The maximum absolute atomic E-state index is 10.1. The molecule has 0 aromatic carbocycles. The van der Waals surface area contributed by atoms with E-state index in [4.69, 9.17) is 5.11 Å². The van der Waals surface area contributed by atoms with Crippen LogP contribution >= 0.6 is 0 Å². The summed E-state index contributed by atoms with van der Waals surface area (Å²) in [5.41, 5.74) is 0. The highest BCUT2D eigenvalue weighted by Gasteiger charge is 2.05. The van der Waals surface area contributed by atoms with E-state index < -0.39 is 0 Å². The van der Waals surface area contributed by atoms with E-state index >= 15 is 0 Å². The number of carbonyl (C=O) groups is 1. The van der Waals surface area contributed by atoms with Crippen molar-refractivity contribution in [3.63, 3.8) is 0 Å². The molecular weight excluding hydrogens is 106 g/mol. The maximum atomic E-state index is 10.1. The maximum Gasteiger partial charge on any atom is 0.220 e. The summed E-state index contributed by atoms with van der Waals surface area (Å²) in [6, 6.07) is 0. The quantitative estimate of drug-likeness (QED) is 0.449. The Hall–Kier alpha value is -0.570. The lowest BCUT2D eigenvalue weighted by atomic mass is 10.4. The van der Waals surface area contributed by atoms with Gasteiger partial charge in [0.05, 0.1) is 0 Å². The van der Waals surface area contributed by atoms with Crippen molar-refractivity contribution < 1.29 is 9.90 Å². The van der Waals surface area contributed by atoms with E-state index in [9.17, 15) is 4.79 Å². The van der Waals surface area contributed by atoms with Crippen LogP contribution in [0.4, 0.5) is 0 Å². The molecule has 0 aliphatic carbocycles. The first kappa shape index (κ1) is 7.43. The Labute approximate surface area is 48.7 Å². The van der Waals surface area contributed by atoms with Gasteiger partial charge in [0.25, 0.3) is 0 Å². The number of rotatable bonds is 0. The monoisotopic (exact) mass is 117 g/mol. The number of amides is 1. The molecule has 0 aromatic heterocycles. The molecule has 1 rings (SSSR count). The third-order valence-electron chi connectivity index (χ3n) is 0.903. The lowest BCUT2D eigenvalue weighted by molar-refractivity contribution is -0.119. The van der Waals surface area contributed by atoms with E-state index in [1.54, 1.807) is 0 Å². The van der Waals surface area contributed by atoms with Crippen LogP contribution in [0.25, 0.3) is 0 Å². The standard InChI is InChI=1S/C4H7NO.CH4O/c6-4-2-1-3-5-4;1-2/h1-3H2,(H,5,6);2H,1H3. The number of aliphatic hydroxyl groups is 1. The second-order valence-corrected chi connectivity index (χ2v) is 1.45. The molecule has 0 atom stereocenters. The zero-order valence-electron chi connectivity index (χ0n) is 4.98. The van der Waals surface area contributed by atoms with E-state index in [0.29, 0.717) is 0 Å². The lowest BCUT2D eigenvalue weighted by Gasteiger charge is -1.80. The highest BCUT2D eigenvalue weighted by molar-refractivity contribution is 5.77. The smallest absolute Gasteiger partial charge is 0.220 e. The molecule has 1 fully saturated rings. The molecular formula is C5H11NO2. The molecule has 1 aliphatic rings. The Bertz CT molecular complexity index is 64.8. The Kier molecular flexibility index (Phi) is 4.26. The summed E-state index contributed by atoms with van der Waals surface area (Å²) in [5.74, 6) is 0.204. The molecule has 2 N–H and O–H groups in total. The second-order valence-electron chi connectivity index (χ2n) is 1.45. The highest BCUT2D eigenvalue weighted by atomic mass is 16.2. The largest absolute Gasteiger partial charge is 0.400 e. The van der Waals surface area contributed by atoms with E-state index in [-0.39, 0.29) is 5.91 Å². The summed E-state index contributed by atoms with van der Waals surface area (Å²) < 4.78 is 0. The molecule has 1 heterocycles. The molecule has 0 aromatic rings. The van der Waals surface area contributed by atoms with Gasteiger partial charge < -0.3 is 10.4 Å². The molecule has 8 heavy (non-hydrogen) atoms. The molecule has 0 saturated carbocycles. The fourth-order valence-corrected chi connectivity index (χ4v) is 0.565. The van der Waals surface area contributed by atoms with Crippen LogP contribution < -0.4 is 5.32 Å². The number of aliphatic hydroxyl groups excluding tert-OH is 1. The SMILES string of the molecule is CO.O=C1CCCN1. The Morgan fingerprint density at radius 3 is 2.38 bits per heavy atom. The minimum Gasteiger partial charge on any atom is -0.400 e. The first-order valence-electron chi connectivity index (χ1n) is 2.61. The molecule has 0 bridgehead atoms. The summed E-state index contributed by atoms with van der Waals surface area (Å²) in [6.07, 6.45) is 1.76. The van der Waals surface area contributed by atoms with Crippen molar-refractivity contribution >= 4 is 5.91 Å². The van der Waals surface area contributed by atoms with Crippen molar-refractivity contribution in [1.82, 2.24) is 5.32 Å². The predicted octanol–water partition coefficient (Wildman–Crippen LogP) is -0.495. The molecule has 3 nitrogen and oxygen atoms in total. The summed E-state index contributed by atoms with van der Waals surface area (Å²) in [4.78, 5) is 10.1. The number of hydrogen-bond acceptors (Lipinski definition) is 2. The van der Waals surface area contributed by atoms with Crippen LogP contribution in [0.1, 0.15) is 12.8 Å². The molecule has 0 unspecified atom stereocenters. The highest BCUT2D eigenvalue weighted by Crippen LogP contribution is 1.93. The first-order valence-corrected chi connectivity index (χ1v) is 2.61. The Balaban J connectivity index is 0.000000222. The van der Waals surface area contributed by atoms with Crippen LogP contribution in [0.2, 0.25) is 0 Å². The first-order chi connectivity index (χ1) is 3.89. The van der Waals surface area contributed by atoms with Crippen LogP contribution in [-0.2, 0) is 4.79 Å². The van der Waals surface area contributed by atoms with Crippen molar-refractivity contribution in [3.8, 4) is 0 Å². The second kappa shape index (κ2) is 4.59. The van der Waals surface area contributed by atoms with Crippen molar-refractivity contribution in [2.24, 2.45) is 0 Å². The van der Waals surface area contributed by atoms with Gasteiger partial charge in [0, 0.05) is 20.1 Å². The van der Waals surface area contributed by atoms with E-state index in [1.807, 2.05) is 0 Å². The van der Waals surface area contributed by atoms with E-state index in [1.165, 1.54) is 0 Å². The molecule has 0 spiro atoms. The molecule has 1 aliphatic heterocycles. The lowest BCUT2D eigenvalue weighted by Crippen LogP contribution is -2.12. The summed E-state index contributed by atoms with van der Waals surface area (Å²) >= 11 is 0. The Morgan fingerprint density at radius 2 is 2.25 bits per heavy atom. The van der Waals surface area contributed by atoms with Gasteiger partial charge in [-0.05, 0) is 6.42 Å². The van der Waals surface area contributed by atoms with Crippen molar-refractivity contribution in [2.45, 2.75) is 12.8 Å². The zero-order valence-corrected chi connectivity index (χ0v) is 4.98. The average Bonchev–Trinajstić information content (AvgIpc) is 2.24. The average molecular weight is 117 g/mol. The summed E-state index contributed by atoms with van der Waals surface area (Å²) in [7, 11) is 1.00. The van der Waals surface area contributed by atoms with Crippen molar-refractivity contribution in [1.29, 1.82) is 0 Å². The van der Waals surface area contributed by atoms with Crippen LogP contribution in [0.3, 0.4) is 0 Å². The normalized spacial score (nSPS) is 16.5. The van der Waals surface area contributed by atoms with Crippen LogP contribution in [0.15, 0.2) is 0 Å². The van der Waals surface area contributed by atoms with Crippen molar-refractivity contribution in [3.05, 3.63) is 0 Å². The van der Waals surface area contributed by atoms with Gasteiger partial charge in [-0.2, -0.15) is 0 Å². The van der Waals surface area contributed by atoms with Gasteiger partial charge in [-0.25, -0.2) is 0 Å². The zero-order chi connectivity index (χ0) is 6.41. The predicted molar refractivity (Wildman–Crippen MR) is 30.4 cm³/mol. The van der Waals surface area contributed by atoms with Gasteiger partial charge in [-0.3, -0.25) is 4.79 Å². The minimum atomic E-state index is 0.204. The molecule has 3 heteroatoms. The van der Waals surface area contributed by atoms with E-state index in [0.717, 1.165) is 26.5 Å². The molecule has 1 saturated heterocycles. The van der Waals surface area contributed by atoms with Crippen LogP contribution in [0.5, 0.6) is 0 Å². The fraction of sp³-hybridized carbons (Fsp3) is 0.800. The third kappa shape index (κ3) is 2.58. The topological polar surface area (TPSA) is 49.3 Å². The van der Waals surface area contributed by atoms with Crippen LogP contribution in [0, 0.1) is 0 Å². The number of nitrogens with one attached hydrogen (secondary N) is 1. The number of carbonyl (C=O) groups excluding carboxylic acids is 1. The minimum absolute atomic E-state index is 0.204. The van der Waals surface area contributed by atoms with Crippen molar-refractivity contribution in [2.75, 3.05) is 13.7 Å². The number of hydrogen-bond donors (Lipinski definition) is 2. The Morgan fingerprint density at radius 1 is 1.62 bits per heavy atom. The summed E-state index contributed by atoms with van der Waals surface area (Å²) in [5, 5.41) is 9.68.